The fourth-order valence-corrected chi connectivity index (χ4v) is 1.26. The minimum Gasteiger partial charge on any atom is -0.348 e. The summed E-state index contributed by atoms with van der Waals surface area (Å²) in [5, 5.41) is 2.73. The van der Waals surface area contributed by atoms with Crippen molar-refractivity contribution in [1.29, 1.82) is 0 Å². The van der Waals surface area contributed by atoms with Gasteiger partial charge in [0.15, 0.2) is 0 Å². The van der Waals surface area contributed by atoms with E-state index in [1.807, 2.05) is 6.20 Å². The molecule has 3 nitrogen and oxygen atoms in total. The van der Waals surface area contributed by atoms with Crippen LogP contribution in [-0.4, -0.2) is 10.9 Å². The maximum atomic E-state index is 11.0. The molecule has 0 radical (unpaired) electrons. The third kappa shape index (κ3) is 3.50. The molecule has 0 spiro atoms. The minimum atomic E-state index is -0.166. The molecule has 0 saturated carbocycles. The highest BCUT2D eigenvalue weighted by Gasteiger charge is 2.14. The maximum absolute atomic E-state index is 11.0. The van der Waals surface area contributed by atoms with Gasteiger partial charge < -0.3 is 5.32 Å². The van der Waals surface area contributed by atoms with E-state index in [0.29, 0.717) is 6.54 Å². The van der Waals surface area contributed by atoms with Crippen LogP contribution in [0.5, 0.6) is 0 Å². The van der Waals surface area contributed by atoms with Gasteiger partial charge in [0.2, 0.25) is 5.91 Å². The van der Waals surface area contributed by atoms with E-state index in [4.69, 9.17) is 0 Å². The summed E-state index contributed by atoms with van der Waals surface area (Å²) in [6, 6.07) is 2.07. The van der Waals surface area contributed by atoms with E-state index in [0.717, 1.165) is 11.1 Å². The van der Waals surface area contributed by atoms with E-state index in [1.54, 1.807) is 6.20 Å². The lowest BCUT2D eigenvalue weighted by Crippen LogP contribution is -2.20. The zero-order valence-corrected chi connectivity index (χ0v) is 10.1. The summed E-state index contributed by atoms with van der Waals surface area (Å²) in [5.74, 6) is -0.166. The van der Waals surface area contributed by atoms with Crippen LogP contribution in [0.25, 0.3) is 0 Å². The molecule has 0 saturated heterocycles. The van der Waals surface area contributed by atoms with Crippen LogP contribution in [0.3, 0.4) is 0 Å². The molecule has 0 unspecified atom stereocenters. The van der Waals surface area contributed by atoms with Crippen molar-refractivity contribution in [2.45, 2.75) is 32.7 Å². The number of nitrogens with zero attached hydrogens (tertiary/aromatic N) is 1. The van der Waals surface area contributed by atoms with Crippen LogP contribution in [0, 0.1) is 0 Å². The molecule has 1 heterocycles. The second kappa shape index (κ2) is 4.92. The van der Waals surface area contributed by atoms with Crippen LogP contribution in [0.15, 0.2) is 31.1 Å². The van der Waals surface area contributed by atoms with Crippen molar-refractivity contribution in [3.05, 3.63) is 42.2 Å². The average molecular weight is 218 g/mol. The number of amides is 1. The average Bonchev–Trinajstić information content (AvgIpc) is 2.25. The molecule has 86 valence electrons. The lowest BCUT2D eigenvalue weighted by Gasteiger charge is -2.19. The molecule has 0 aliphatic carbocycles. The monoisotopic (exact) mass is 218 g/mol. The van der Waals surface area contributed by atoms with Crippen molar-refractivity contribution in [3.8, 4) is 0 Å². The lowest BCUT2D eigenvalue weighted by atomic mass is 9.88. The summed E-state index contributed by atoms with van der Waals surface area (Å²) in [5.41, 5.74) is 2.24. The molecular weight excluding hydrogens is 200 g/mol. The Balaban J connectivity index is 2.75. The molecule has 0 aliphatic rings. The number of carbonyl (C=O) groups excluding carboxylic acids is 1. The summed E-state index contributed by atoms with van der Waals surface area (Å²) < 4.78 is 0. The van der Waals surface area contributed by atoms with Crippen LogP contribution in [0.2, 0.25) is 0 Å². The third-order valence-electron chi connectivity index (χ3n) is 2.31. The second-order valence-electron chi connectivity index (χ2n) is 4.75. The van der Waals surface area contributed by atoms with Crippen LogP contribution >= 0.6 is 0 Å². The Morgan fingerprint density at radius 2 is 2.19 bits per heavy atom. The Bertz CT molecular complexity index is 391. The molecule has 0 aromatic carbocycles. The van der Waals surface area contributed by atoms with E-state index in [-0.39, 0.29) is 11.3 Å². The molecular formula is C13H18N2O. The van der Waals surface area contributed by atoms with Gasteiger partial charge in [0.25, 0.3) is 0 Å². The van der Waals surface area contributed by atoms with Crippen molar-refractivity contribution in [2.24, 2.45) is 0 Å². The van der Waals surface area contributed by atoms with Gasteiger partial charge in [-0.05, 0) is 22.6 Å². The highest BCUT2D eigenvalue weighted by atomic mass is 16.1. The zero-order valence-electron chi connectivity index (χ0n) is 10.1. The Kier molecular flexibility index (Phi) is 3.82. The summed E-state index contributed by atoms with van der Waals surface area (Å²) in [6.45, 7) is 10.3. The molecule has 1 N–H and O–H groups in total. The van der Waals surface area contributed by atoms with Crippen molar-refractivity contribution in [3.63, 3.8) is 0 Å². The van der Waals surface area contributed by atoms with Crippen molar-refractivity contribution in [2.75, 3.05) is 0 Å². The van der Waals surface area contributed by atoms with Crippen LogP contribution < -0.4 is 5.32 Å². The van der Waals surface area contributed by atoms with Gasteiger partial charge in [0, 0.05) is 18.9 Å². The van der Waals surface area contributed by atoms with Gasteiger partial charge in [-0.2, -0.15) is 0 Å². The highest BCUT2D eigenvalue weighted by Crippen LogP contribution is 2.21. The summed E-state index contributed by atoms with van der Waals surface area (Å²) in [4.78, 5) is 15.2. The molecule has 1 rings (SSSR count). The van der Waals surface area contributed by atoms with Gasteiger partial charge in [-0.25, -0.2) is 0 Å². The number of hydrogen-bond donors (Lipinski definition) is 1. The van der Waals surface area contributed by atoms with Gasteiger partial charge in [-0.15, -0.1) is 0 Å². The predicted octanol–water partition coefficient (Wildman–Crippen LogP) is 2.18. The number of rotatable bonds is 3. The van der Waals surface area contributed by atoms with E-state index >= 15 is 0 Å². The topological polar surface area (TPSA) is 42.0 Å². The number of nitrogens with one attached hydrogen (secondary N) is 1. The minimum absolute atomic E-state index is 0.0749. The smallest absolute Gasteiger partial charge is 0.243 e. The number of aromatic nitrogens is 1. The Morgan fingerprint density at radius 1 is 1.50 bits per heavy atom. The molecule has 1 aromatic rings. The first-order valence-electron chi connectivity index (χ1n) is 5.28. The molecule has 0 bridgehead atoms. The molecule has 0 aliphatic heterocycles. The highest BCUT2D eigenvalue weighted by molar-refractivity contribution is 5.86. The Hall–Kier alpha value is -1.64. The first-order valence-corrected chi connectivity index (χ1v) is 5.28. The van der Waals surface area contributed by atoms with Gasteiger partial charge in [-0.3, -0.25) is 9.78 Å². The molecule has 1 aromatic heterocycles. The summed E-state index contributed by atoms with van der Waals surface area (Å²) in [7, 11) is 0. The largest absolute Gasteiger partial charge is 0.348 e. The lowest BCUT2D eigenvalue weighted by molar-refractivity contribution is -0.116. The molecule has 1 amide bonds. The number of hydrogen-bond acceptors (Lipinski definition) is 2. The van der Waals surface area contributed by atoms with Gasteiger partial charge >= 0.3 is 0 Å². The fourth-order valence-electron chi connectivity index (χ4n) is 1.26. The van der Waals surface area contributed by atoms with Crippen LogP contribution in [0.4, 0.5) is 0 Å². The normalized spacial score (nSPS) is 10.9. The zero-order chi connectivity index (χ0) is 12.2. The van der Waals surface area contributed by atoms with E-state index in [2.05, 4.69) is 43.7 Å². The number of pyridine rings is 1. The van der Waals surface area contributed by atoms with E-state index in [1.165, 1.54) is 6.08 Å². The maximum Gasteiger partial charge on any atom is 0.243 e. The van der Waals surface area contributed by atoms with Crippen molar-refractivity contribution in [1.82, 2.24) is 10.3 Å². The van der Waals surface area contributed by atoms with E-state index < -0.39 is 0 Å². The summed E-state index contributed by atoms with van der Waals surface area (Å²) >= 11 is 0. The number of carbonyl (C=O) groups is 1. The van der Waals surface area contributed by atoms with Crippen molar-refractivity contribution >= 4 is 5.91 Å². The first kappa shape index (κ1) is 12.4. The van der Waals surface area contributed by atoms with E-state index in [9.17, 15) is 4.79 Å². The van der Waals surface area contributed by atoms with Gasteiger partial charge in [0.05, 0.1) is 0 Å². The quantitative estimate of drug-likeness (QED) is 0.790. The predicted molar refractivity (Wildman–Crippen MR) is 65.0 cm³/mol. The first-order chi connectivity index (χ1) is 7.43. The Morgan fingerprint density at radius 3 is 2.75 bits per heavy atom. The molecule has 0 fully saturated rings. The third-order valence-corrected chi connectivity index (χ3v) is 2.31. The van der Waals surface area contributed by atoms with Crippen LogP contribution in [-0.2, 0) is 16.8 Å². The van der Waals surface area contributed by atoms with Gasteiger partial charge in [0.1, 0.15) is 0 Å². The summed E-state index contributed by atoms with van der Waals surface area (Å²) in [6.07, 6.45) is 4.89. The van der Waals surface area contributed by atoms with Crippen LogP contribution in [0.1, 0.15) is 31.9 Å². The molecule has 3 heteroatoms. The molecule has 0 atom stereocenters. The fraction of sp³-hybridized carbons (Fsp3) is 0.385. The van der Waals surface area contributed by atoms with Crippen molar-refractivity contribution < 1.29 is 4.79 Å². The van der Waals surface area contributed by atoms with Gasteiger partial charge in [-0.1, -0.05) is 33.4 Å². The second-order valence-corrected chi connectivity index (χ2v) is 4.75. The SMILES string of the molecule is C=CC(=O)NCc1cncc(C(C)(C)C)c1. The molecule has 16 heavy (non-hydrogen) atoms. The standard InChI is InChI=1S/C13H18N2O/c1-5-12(16)15-8-10-6-11(9-14-7-10)13(2,3)4/h5-7,9H,1,8H2,2-4H3,(H,15,16). The Labute approximate surface area is 96.6 Å².